The molecule has 2 unspecified atom stereocenters. The second kappa shape index (κ2) is 6.74. The molecular weight excluding hydrogens is 244 g/mol. The van der Waals surface area contributed by atoms with E-state index in [0.29, 0.717) is 0 Å². The van der Waals surface area contributed by atoms with E-state index in [1.165, 1.54) is 24.1 Å². The third-order valence-electron chi connectivity index (χ3n) is 4.44. The lowest BCUT2D eigenvalue weighted by molar-refractivity contribution is 0.262. The molecule has 0 saturated heterocycles. The van der Waals surface area contributed by atoms with Crippen molar-refractivity contribution in [2.75, 3.05) is 0 Å². The van der Waals surface area contributed by atoms with Crippen LogP contribution in [0.25, 0.3) is 5.69 Å². The van der Waals surface area contributed by atoms with Gasteiger partial charge in [0.15, 0.2) is 0 Å². The first-order valence-electron chi connectivity index (χ1n) is 7.69. The van der Waals surface area contributed by atoms with Gasteiger partial charge in [-0.2, -0.15) is 0 Å². The zero-order valence-corrected chi connectivity index (χ0v) is 13.1. The summed E-state index contributed by atoms with van der Waals surface area (Å²) < 4.78 is 2.04. The predicted octanol–water partition coefficient (Wildman–Crippen LogP) is 4.73. The summed E-state index contributed by atoms with van der Waals surface area (Å²) in [5.74, 6) is 2.28. The third kappa shape index (κ3) is 3.50. The van der Waals surface area contributed by atoms with Crippen molar-refractivity contribution in [1.29, 1.82) is 0 Å². The van der Waals surface area contributed by atoms with Crippen molar-refractivity contribution >= 4 is 0 Å². The summed E-state index contributed by atoms with van der Waals surface area (Å²) in [5, 5.41) is 0. The fourth-order valence-electron chi connectivity index (χ4n) is 2.88. The molecule has 0 bridgehead atoms. The summed E-state index contributed by atoms with van der Waals surface area (Å²) in [7, 11) is 0. The van der Waals surface area contributed by atoms with Gasteiger partial charge in [0.2, 0.25) is 0 Å². The summed E-state index contributed by atoms with van der Waals surface area (Å²) >= 11 is 0. The Labute approximate surface area is 122 Å². The largest absolute Gasteiger partial charge is 0.306 e. The van der Waals surface area contributed by atoms with Crippen molar-refractivity contribution in [3.8, 4) is 5.69 Å². The molecule has 0 aliphatic heterocycles. The highest BCUT2D eigenvalue weighted by atomic mass is 15.0. The molecule has 1 aromatic heterocycles. The average molecular weight is 270 g/mol. The van der Waals surface area contributed by atoms with Gasteiger partial charge in [-0.05, 0) is 41.9 Å². The second-order valence-corrected chi connectivity index (χ2v) is 6.13. The van der Waals surface area contributed by atoms with Crippen LogP contribution in [-0.2, 0) is 6.42 Å². The Kier molecular flexibility index (Phi) is 4.99. The van der Waals surface area contributed by atoms with E-state index in [0.717, 1.165) is 17.8 Å². The van der Waals surface area contributed by atoms with E-state index in [1.807, 2.05) is 23.3 Å². The molecule has 0 fully saturated rings. The molecule has 2 rings (SSSR count). The van der Waals surface area contributed by atoms with E-state index in [4.69, 9.17) is 0 Å². The van der Waals surface area contributed by atoms with E-state index < -0.39 is 0 Å². The van der Waals surface area contributed by atoms with Crippen molar-refractivity contribution in [2.45, 2.75) is 40.5 Å². The third-order valence-corrected chi connectivity index (χ3v) is 4.44. The molecule has 0 saturated carbocycles. The Hall–Kier alpha value is -1.57. The molecule has 2 heteroatoms. The molecule has 0 spiro atoms. The van der Waals surface area contributed by atoms with Crippen molar-refractivity contribution in [2.24, 2.45) is 17.8 Å². The molecule has 108 valence electrons. The summed E-state index contributed by atoms with van der Waals surface area (Å²) in [6.07, 6.45) is 8.06. The molecule has 1 aromatic carbocycles. The lowest BCUT2D eigenvalue weighted by atomic mass is 9.79. The van der Waals surface area contributed by atoms with Gasteiger partial charge in [-0.1, -0.05) is 46.2 Å². The maximum Gasteiger partial charge on any atom is 0.0991 e. The topological polar surface area (TPSA) is 17.8 Å². The maximum atomic E-state index is 4.09. The van der Waals surface area contributed by atoms with Crippen LogP contribution in [0.3, 0.4) is 0 Å². The Bertz CT molecular complexity index is 497. The molecule has 2 nitrogen and oxygen atoms in total. The van der Waals surface area contributed by atoms with Crippen LogP contribution in [0.1, 0.15) is 39.7 Å². The van der Waals surface area contributed by atoms with Crippen LogP contribution >= 0.6 is 0 Å². The first-order valence-corrected chi connectivity index (χ1v) is 7.69. The first-order chi connectivity index (χ1) is 9.61. The van der Waals surface area contributed by atoms with Crippen molar-refractivity contribution in [3.05, 3.63) is 48.5 Å². The van der Waals surface area contributed by atoms with Gasteiger partial charge >= 0.3 is 0 Å². The normalized spacial score (nSPS) is 14.4. The zero-order valence-electron chi connectivity index (χ0n) is 13.1. The van der Waals surface area contributed by atoms with Crippen LogP contribution in [0.15, 0.2) is 43.0 Å². The molecular formula is C18H26N2. The van der Waals surface area contributed by atoms with Crippen molar-refractivity contribution < 1.29 is 0 Å². The molecule has 0 N–H and O–H groups in total. The van der Waals surface area contributed by atoms with Gasteiger partial charge in [0.05, 0.1) is 6.33 Å². The van der Waals surface area contributed by atoms with Gasteiger partial charge in [-0.15, -0.1) is 0 Å². The zero-order chi connectivity index (χ0) is 14.5. The Morgan fingerprint density at radius 1 is 1.10 bits per heavy atom. The molecule has 0 aliphatic carbocycles. The molecule has 0 aliphatic rings. The average Bonchev–Trinajstić information content (AvgIpc) is 2.98. The van der Waals surface area contributed by atoms with E-state index in [2.05, 4.69) is 56.9 Å². The second-order valence-electron chi connectivity index (χ2n) is 6.13. The van der Waals surface area contributed by atoms with E-state index in [-0.39, 0.29) is 0 Å². The number of hydrogen-bond acceptors (Lipinski definition) is 1. The van der Waals surface area contributed by atoms with Gasteiger partial charge in [-0.3, -0.25) is 0 Å². The molecule has 0 radical (unpaired) electrons. The SMILES string of the molecule is CCC(C)C(Cc1ccc(-n2ccnc2)cc1)C(C)C. The Morgan fingerprint density at radius 3 is 2.30 bits per heavy atom. The standard InChI is InChI=1S/C18H26N2/c1-5-15(4)18(14(2)3)12-16-6-8-17(9-7-16)20-11-10-19-13-20/h6-11,13-15,18H,5,12H2,1-4H3. The minimum atomic E-state index is 0.735. The number of imidazole rings is 1. The van der Waals surface area contributed by atoms with Crippen LogP contribution in [0.5, 0.6) is 0 Å². The van der Waals surface area contributed by atoms with Crippen LogP contribution in [-0.4, -0.2) is 9.55 Å². The minimum absolute atomic E-state index is 0.735. The van der Waals surface area contributed by atoms with Crippen molar-refractivity contribution in [3.63, 3.8) is 0 Å². The number of nitrogens with zero attached hydrogens (tertiary/aromatic N) is 2. The van der Waals surface area contributed by atoms with Crippen LogP contribution in [0, 0.1) is 17.8 Å². The highest BCUT2D eigenvalue weighted by Crippen LogP contribution is 2.27. The van der Waals surface area contributed by atoms with E-state index >= 15 is 0 Å². The Balaban J connectivity index is 2.09. The lowest BCUT2D eigenvalue weighted by Crippen LogP contribution is -2.20. The first kappa shape index (κ1) is 14.8. The summed E-state index contributed by atoms with van der Waals surface area (Å²) in [4.78, 5) is 4.09. The smallest absolute Gasteiger partial charge is 0.0991 e. The molecule has 2 aromatic rings. The van der Waals surface area contributed by atoms with Gasteiger partial charge < -0.3 is 4.57 Å². The number of aromatic nitrogens is 2. The van der Waals surface area contributed by atoms with Crippen molar-refractivity contribution in [1.82, 2.24) is 9.55 Å². The lowest BCUT2D eigenvalue weighted by Gasteiger charge is -2.27. The molecule has 0 amide bonds. The molecule has 1 heterocycles. The summed E-state index contributed by atoms with van der Waals surface area (Å²) in [5.41, 5.74) is 2.61. The van der Waals surface area contributed by atoms with Gasteiger partial charge in [0.25, 0.3) is 0 Å². The van der Waals surface area contributed by atoms with Gasteiger partial charge in [0, 0.05) is 18.1 Å². The monoisotopic (exact) mass is 270 g/mol. The highest BCUT2D eigenvalue weighted by Gasteiger charge is 2.19. The van der Waals surface area contributed by atoms with E-state index in [1.54, 1.807) is 0 Å². The summed E-state index contributed by atoms with van der Waals surface area (Å²) in [6.45, 7) is 9.36. The number of rotatable bonds is 6. The van der Waals surface area contributed by atoms with E-state index in [9.17, 15) is 0 Å². The van der Waals surface area contributed by atoms with Gasteiger partial charge in [0.1, 0.15) is 0 Å². The Morgan fingerprint density at radius 2 is 1.80 bits per heavy atom. The number of benzene rings is 1. The fraction of sp³-hybridized carbons (Fsp3) is 0.500. The minimum Gasteiger partial charge on any atom is -0.306 e. The highest BCUT2D eigenvalue weighted by molar-refractivity contribution is 5.34. The fourth-order valence-corrected chi connectivity index (χ4v) is 2.88. The van der Waals surface area contributed by atoms with Crippen LogP contribution in [0.2, 0.25) is 0 Å². The predicted molar refractivity (Wildman–Crippen MR) is 85.1 cm³/mol. The molecule has 2 atom stereocenters. The quantitative estimate of drug-likeness (QED) is 0.741. The van der Waals surface area contributed by atoms with Gasteiger partial charge in [-0.25, -0.2) is 4.98 Å². The van der Waals surface area contributed by atoms with Crippen LogP contribution < -0.4 is 0 Å². The maximum absolute atomic E-state index is 4.09. The molecule has 20 heavy (non-hydrogen) atoms. The number of hydrogen-bond donors (Lipinski definition) is 0. The summed E-state index contributed by atoms with van der Waals surface area (Å²) in [6, 6.07) is 8.89. The van der Waals surface area contributed by atoms with Crippen LogP contribution in [0.4, 0.5) is 0 Å².